The quantitative estimate of drug-likeness (QED) is 0.551. The molecule has 0 N–H and O–H groups in total. The van der Waals surface area contributed by atoms with Gasteiger partial charge in [0.05, 0.1) is 11.5 Å². The third kappa shape index (κ3) is 3.34. The van der Waals surface area contributed by atoms with Gasteiger partial charge in [-0.3, -0.25) is 4.79 Å². The highest BCUT2D eigenvalue weighted by atomic mass is 16.6. The van der Waals surface area contributed by atoms with Crippen LogP contribution in [0.3, 0.4) is 0 Å². The standard InChI is InChI=1S/C21H30O5/c1-13(2)9-21(12-19(21,3)4)18(23)26-20(5)10-14-7-15(24-6)8-16(11-20)25-17(14)22/h10,15-16H,1,7-9,11-12H2,2-6H3. The SMILES string of the molecule is C=C(C)CC1(C(=O)OC2(C)C=C3CC(OC)CC(C2)OC3=O)CC1(C)C. The summed E-state index contributed by atoms with van der Waals surface area (Å²) in [5.74, 6) is -0.515. The van der Waals surface area contributed by atoms with Crippen LogP contribution in [0.1, 0.15) is 59.8 Å². The van der Waals surface area contributed by atoms with Crippen molar-refractivity contribution in [2.75, 3.05) is 7.11 Å². The van der Waals surface area contributed by atoms with Crippen LogP contribution < -0.4 is 0 Å². The second-order valence-corrected chi connectivity index (χ2v) is 9.18. The van der Waals surface area contributed by atoms with Crippen molar-refractivity contribution in [2.24, 2.45) is 10.8 Å². The number of hydrogen-bond donors (Lipinski definition) is 0. The lowest BCUT2D eigenvalue weighted by molar-refractivity contribution is -0.165. The van der Waals surface area contributed by atoms with Gasteiger partial charge in [-0.2, -0.15) is 0 Å². The van der Waals surface area contributed by atoms with Crippen LogP contribution in [0, 0.1) is 10.8 Å². The van der Waals surface area contributed by atoms with Crippen LogP contribution in [0.4, 0.5) is 0 Å². The van der Waals surface area contributed by atoms with Crippen LogP contribution in [-0.4, -0.2) is 36.9 Å². The Bertz CT molecular complexity index is 676. The molecule has 2 bridgehead atoms. The Morgan fingerprint density at radius 2 is 2.04 bits per heavy atom. The molecule has 3 rings (SSSR count). The Morgan fingerprint density at radius 1 is 1.38 bits per heavy atom. The first-order chi connectivity index (χ1) is 12.0. The fraction of sp³-hybridized carbons (Fsp3) is 0.714. The summed E-state index contributed by atoms with van der Waals surface area (Å²) in [4.78, 5) is 25.4. The molecular formula is C21H30O5. The van der Waals surface area contributed by atoms with Crippen LogP contribution in [0.25, 0.3) is 0 Å². The normalized spacial score (nSPS) is 37.9. The maximum Gasteiger partial charge on any atom is 0.334 e. The molecule has 2 fully saturated rings. The van der Waals surface area contributed by atoms with Gasteiger partial charge in [-0.25, -0.2) is 4.79 Å². The zero-order chi connectivity index (χ0) is 19.3. The molecule has 1 aliphatic carbocycles. The minimum Gasteiger partial charge on any atom is -0.459 e. The van der Waals surface area contributed by atoms with E-state index in [4.69, 9.17) is 14.2 Å². The Kier molecular flexibility index (Phi) is 4.58. The molecule has 1 saturated carbocycles. The molecule has 2 heterocycles. The van der Waals surface area contributed by atoms with Gasteiger partial charge in [-0.05, 0) is 38.2 Å². The highest BCUT2D eigenvalue weighted by Gasteiger charge is 2.67. The van der Waals surface area contributed by atoms with Crippen LogP contribution in [-0.2, 0) is 23.8 Å². The molecule has 0 spiro atoms. The summed E-state index contributed by atoms with van der Waals surface area (Å²) in [6.45, 7) is 12.0. The largest absolute Gasteiger partial charge is 0.459 e. The van der Waals surface area contributed by atoms with Crippen molar-refractivity contribution in [2.45, 2.75) is 77.6 Å². The lowest BCUT2D eigenvalue weighted by Gasteiger charge is -2.33. The molecule has 0 radical (unpaired) electrons. The van der Waals surface area contributed by atoms with Gasteiger partial charge < -0.3 is 14.2 Å². The second kappa shape index (κ2) is 6.22. The minimum absolute atomic E-state index is 0.0462. The second-order valence-electron chi connectivity index (χ2n) is 9.18. The number of allylic oxidation sites excluding steroid dienone is 1. The van der Waals surface area contributed by atoms with E-state index in [9.17, 15) is 9.59 Å². The number of carbonyl (C=O) groups excluding carboxylic acids is 2. The molecule has 0 aromatic carbocycles. The van der Waals surface area contributed by atoms with Crippen molar-refractivity contribution in [1.82, 2.24) is 0 Å². The maximum absolute atomic E-state index is 13.1. The predicted octanol–water partition coefficient (Wildman–Crippen LogP) is 3.72. The van der Waals surface area contributed by atoms with Gasteiger partial charge in [0.1, 0.15) is 11.7 Å². The van der Waals surface area contributed by atoms with E-state index >= 15 is 0 Å². The van der Waals surface area contributed by atoms with Gasteiger partial charge in [0.25, 0.3) is 0 Å². The number of esters is 2. The molecule has 5 nitrogen and oxygen atoms in total. The van der Waals surface area contributed by atoms with Crippen molar-refractivity contribution in [1.29, 1.82) is 0 Å². The summed E-state index contributed by atoms with van der Waals surface area (Å²) in [5.41, 5.74) is 0.0664. The Labute approximate surface area is 155 Å². The average Bonchev–Trinajstić information content (AvgIpc) is 3.10. The molecule has 0 aromatic rings. The van der Waals surface area contributed by atoms with Crippen molar-refractivity contribution >= 4 is 11.9 Å². The molecule has 4 atom stereocenters. The van der Waals surface area contributed by atoms with E-state index in [1.54, 1.807) is 13.2 Å². The molecular weight excluding hydrogens is 332 g/mol. The Balaban J connectivity index is 1.85. The van der Waals surface area contributed by atoms with Gasteiger partial charge in [0.2, 0.25) is 0 Å². The first-order valence-corrected chi connectivity index (χ1v) is 9.34. The number of ether oxygens (including phenoxy) is 3. The van der Waals surface area contributed by atoms with Crippen molar-refractivity contribution < 1.29 is 23.8 Å². The average molecular weight is 362 g/mol. The third-order valence-electron chi connectivity index (χ3n) is 6.19. The van der Waals surface area contributed by atoms with Crippen molar-refractivity contribution in [3.63, 3.8) is 0 Å². The van der Waals surface area contributed by atoms with Crippen LogP contribution in [0.15, 0.2) is 23.8 Å². The van der Waals surface area contributed by atoms with Crippen LogP contribution >= 0.6 is 0 Å². The maximum atomic E-state index is 13.1. The lowest BCUT2D eigenvalue weighted by atomic mass is 9.87. The molecule has 0 aromatic heterocycles. The van der Waals surface area contributed by atoms with E-state index in [1.165, 1.54) is 0 Å². The van der Waals surface area contributed by atoms with Gasteiger partial charge >= 0.3 is 11.9 Å². The molecule has 144 valence electrons. The van der Waals surface area contributed by atoms with Crippen molar-refractivity contribution in [3.05, 3.63) is 23.8 Å². The fourth-order valence-corrected chi connectivity index (χ4v) is 4.61. The zero-order valence-corrected chi connectivity index (χ0v) is 16.5. The molecule has 0 amide bonds. The van der Waals surface area contributed by atoms with E-state index in [1.807, 2.05) is 13.8 Å². The minimum atomic E-state index is -0.845. The molecule has 3 aliphatic rings. The highest BCUT2D eigenvalue weighted by Crippen LogP contribution is 2.67. The third-order valence-corrected chi connectivity index (χ3v) is 6.19. The highest BCUT2D eigenvalue weighted by molar-refractivity contribution is 5.90. The summed E-state index contributed by atoms with van der Waals surface area (Å²) >= 11 is 0. The number of hydrogen-bond acceptors (Lipinski definition) is 5. The number of carbonyl (C=O) groups is 2. The van der Waals surface area contributed by atoms with Crippen LogP contribution in [0.5, 0.6) is 0 Å². The summed E-state index contributed by atoms with van der Waals surface area (Å²) in [6.07, 6.45) is 4.41. The molecule has 4 unspecified atom stereocenters. The summed E-state index contributed by atoms with van der Waals surface area (Å²) in [7, 11) is 1.65. The number of fused-ring (bicyclic) bond motifs is 3. The van der Waals surface area contributed by atoms with Gasteiger partial charge in [-0.1, -0.05) is 19.4 Å². The van der Waals surface area contributed by atoms with Crippen LogP contribution in [0.2, 0.25) is 0 Å². The predicted molar refractivity (Wildman–Crippen MR) is 97.4 cm³/mol. The summed E-state index contributed by atoms with van der Waals surface area (Å²) < 4.78 is 17.1. The molecule has 1 saturated heterocycles. The van der Waals surface area contributed by atoms with E-state index in [0.717, 1.165) is 12.0 Å². The first kappa shape index (κ1) is 19.2. The number of methoxy groups -OCH3 is 1. The van der Waals surface area contributed by atoms with E-state index < -0.39 is 11.0 Å². The smallest absolute Gasteiger partial charge is 0.334 e. The first-order valence-electron chi connectivity index (χ1n) is 9.34. The van der Waals surface area contributed by atoms with Gasteiger partial charge in [-0.15, -0.1) is 6.58 Å². The topological polar surface area (TPSA) is 61.8 Å². The zero-order valence-electron chi connectivity index (χ0n) is 16.5. The Morgan fingerprint density at radius 3 is 2.58 bits per heavy atom. The molecule has 2 aliphatic heterocycles. The van der Waals surface area contributed by atoms with E-state index in [0.29, 0.717) is 31.3 Å². The summed E-state index contributed by atoms with van der Waals surface area (Å²) in [6, 6.07) is 0. The van der Waals surface area contributed by atoms with Crippen molar-refractivity contribution in [3.8, 4) is 0 Å². The monoisotopic (exact) mass is 362 g/mol. The van der Waals surface area contributed by atoms with Gasteiger partial charge in [0, 0.05) is 31.9 Å². The van der Waals surface area contributed by atoms with E-state index in [-0.39, 0.29) is 29.6 Å². The Hall–Kier alpha value is -1.62. The summed E-state index contributed by atoms with van der Waals surface area (Å²) in [5, 5.41) is 0. The van der Waals surface area contributed by atoms with Gasteiger partial charge in [0.15, 0.2) is 0 Å². The van der Waals surface area contributed by atoms with E-state index in [2.05, 4.69) is 20.4 Å². The molecule has 26 heavy (non-hydrogen) atoms. The number of rotatable bonds is 5. The lowest BCUT2D eigenvalue weighted by Crippen LogP contribution is -2.39. The fourth-order valence-electron chi connectivity index (χ4n) is 4.61. The molecule has 5 heteroatoms.